The van der Waals surface area contributed by atoms with Gasteiger partial charge in [0.1, 0.15) is 0 Å². The lowest BCUT2D eigenvalue weighted by atomic mass is 10.0. The van der Waals surface area contributed by atoms with Crippen LogP contribution in [-0.4, -0.2) is 65.8 Å². The third-order valence-corrected chi connectivity index (χ3v) is 4.88. The van der Waals surface area contributed by atoms with E-state index in [2.05, 4.69) is 0 Å². The SMILES string of the molecule is O=C(O)CC1COCCN1C(=O)N1CC2CCCC2C1. The van der Waals surface area contributed by atoms with Gasteiger partial charge in [-0.05, 0) is 24.7 Å². The quantitative estimate of drug-likeness (QED) is 0.820. The van der Waals surface area contributed by atoms with Crippen molar-refractivity contribution in [3.05, 3.63) is 0 Å². The molecular weight excluding hydrogens is 260 g/mol. The zero-order valence-electron chi connectivity index (χ0n) is 11.7. The molecule has 0 bridgehead atoms. The van der Waals surface area contributed by atoms with Gasteiger partial charge >= 0.3 is 12.0 Å². The Bertz CT molecular complexity index is 389. The summed E-state index contributed by atoms with van der Waals surface area (Å²) in [4.78, 5) is 27.2. The van der Waals surface area contributed by atoms with E-state index in [-0.39, 0.29) is 18.5 Å². The number of carbonyl (C=O) groups excluding carboxylic acids is 1. The van der Waals surface area contributed by atoms with Crippen molar-refractivity contribution >= 4 is 12.0 Å². The van der Waals surface area contributed by atoms with Gasteiger partial charge in [0, 0.05) is 19.6 Å². The largest absolute Gasteiger partial charge is 0.481 e. The van der Waals surface area contributed by atoms with E-state index < -0.39 is 5.97 Å². The highest BCUT2D eigenvalue weighted by molar-refractivity contribution is 5.76. The lowest BCUT2D eigenvalue weighted by Crippen LogP contribution is -2.54. The number of hydrogen-bond acceptors (Lipinski definition) is 3. The van der Waals surface area contributed by atoms with E-state index in [0.29, 0.717) is 31.6 Å². The number of carboxylic acid groups (broad SMARTS) is 1. The van der Waals surface area contributed by atoms with Crippen molar-refractivity contribution in [2.45, 2.75) is 31.7 Å². The molecule has 112 valence electrons. The van der Waals surface area contributed by atoms with E-state index >= 15 is 0 Å². The Hall–Kier alpha value is -1.30. The second kappa shape index (κ2) is 5.60. The van der Waals surface area contributed by atoms with Gasteiger partial charge in [0.15, 0.2) is 0 Å². The molecule has 6 nitrogen and oxygen atoms in total. The van der Waals surface area contributed by atoms with Crippen molar-refractivity contribution in [1.29, 1.82) is 0 Å². The molecule has 0 spiro atoms. The minimum absolute atomic E-state index is 0.00829. The molecule has 3 fully saturated rings. The monoisotopic (exact) mass is 282 g/mol. The lowest BCUT2D eigenvalue weighted by molar-refractivity contribution is -0.139. The molecule has 2 aliphatic heterocycles. The molecule has 1 N–H and O–H groups in total. The second-order valence-electron chi connectivity index (χ2n) is 6.16. The van der Waals surface area contributed by atoms with Crippen LogP contribution in [0.3, 0.4) is 0 Å². The molecule has 2 saturated heterocycles. The van der Waals surface area contributed by atoms with Gasteiger partial charge in [-0.2, -0.15) is 0 Å². The molecule has 3 rings (SSSR count). The zero-order valence-corrected chi connectivity index (χ0v) is 11.7. The van der Waals surface area contributed by atoms with E-state index in [1.807, 2.05) is 4.90 Å². The number of aliphatic carboxylic acids is 1. The van der Waals surface area contributed by atoms with Gasteiger partial charge in [-0.3, -0.25) is 4.79 Å². The number of fused-ring (bicyclic) bond motifs is 1. The van der Waals surface area contributed by atoms with Crippen molar-refractivity contribution in [3.63, 3.8) is 0 Å². The predicted molar refractivity (Wildman–Crippen MR) is 71.4 cm³/mol. The van der Waals surface area contributed by atoms with Crippen LogP contribution in [0.25, 0.3) is 0 Å². The van der Waals surface area contributed by atoms with Crippen molar-refractivity contribution < 1.29 is 19.4 Å². The Kier molecular flexibility index (Phi) is 3.83. The topological polar surface area (TPSA) is 70.1 Å². The highest BCUT2D eigenvalue weighted by atomic mass is 16.5. The Morgan fingerprint density at radius 2 is 1.90 bits per heavy atom. The molecular formula is C14H22N2O4. The zero-order chi connectivity index (χ0) is 14.1. The first-order chi connectivity index (χ1) is 9.65. The number of likely N-dealkylation sites (tertiary alicyclic amines) is 1. The molecule has 1 aliphatic carbocycles. The van der Waals surface area contributed by atoms with Crippen LogP contribution in [0.4, 0.5) is 4.79 Å². The number of rotatable bonds is 2. The molecule has 20 heavy (non-hydrogen) atoms. The minimum Gasteiger partial charge on any atom is -0.481 e. The first-order valence-electron chi connectivity index (χ1n) is 7.50. The van der Waals surface area contributed by atoms with E-state index in [1.165, 1.54) is 19.3 Å². The molecule has 3 aliphatic rings. The molecule has 2 heterocycles. The molecule has 0 radical (unpaired) electrons. The third-order valence-electron chi connectivity index (χ3n) is 4.88. The highest BCUT2D eigenvalue weighted by Gasteiger charge is 2.41. The van der Waals surface area contributed by atoms with Crippen molar-refractivity contribution in [2.24, 2.45) is 11.8 Å². The number of urea groups is 1. The molecule has 3 atom stereocenters. The van der Waals surface area contributed by atoms with Gasteiger partial charge in [-0.25, -0.2) is 4.79 Å². The van der Waals surface area contributed by atoms with Gasteiger partial charge in [-0.15, -0.1) is 0 Å². The molecule has 1 saturated carbocycles. The molecule has 2 amide bonds. The Labute approximate surface area is 118 Å². The molecule has 0 aromatic rings. The number of carboxylic acids is 1. The van der Waals surface area contributed by atoms with Crippen molar-refractivity contribution in [1.82, 2.24) is 9.80 Å². The van der Waals surface area contributed by atoms with Crippen LogP contribution >= 0.6 is 0 Å². The average Bonchev–Trinajstić information content (AvgIpc) is 2.98. The normalized spacial score (nSPS) is 33.3. The van der Waals surface area contributed by atoms with E-state index in [0.717, 1.165) is 13.1 Å². The first kappa shape index (κ1) is 13.7. The number of hydrogen-bond donors (Lipinski definition) is 1. The maximum atomic E-state index is 12.6. The van der Waals surface area contributed by atoms with Crippen LogP contribution in [-0.2, 0) is 9.53 Å². The molecule has 0 aromatic heterocycles. The summed E-state index contributed by atoms with van der Waals surface area (Å²) >= 11 is 0. The average molecular weight is 282 g/mol. The fourth-order valence-corrected chi connectivity index (χ4v) is 3.85. The summed E-state index contributed by atoms with van der Waals surface area (Å²) in [6.07, 6.45) is 3.72. The number of amides is 2. The van der Waals surface area contributed by atoms with Crippen LogP contribution in [0, 0.1) is 11.8 Å². The number of morpholine rings is 1. The summed E-state index contributed by atoms with van der Waals surface area (Å²) in [5.74, 6) is 0.451. The maximum Gasteiger partial charge on any atom is 0.320 e. The maximum absolute atomic E-state index is 12.6. The highest BCUT2D eigenvalue weighted by Crippen LogP contribution is 2.38. The summed E-state index contributed by atoms with van der Waals surface area (Å²) < 4.78 is 5.32. The van der Waals surface area contributed by atoms with Crippen molar-refractivity contribution in [3.8, 4) is 0 Å². The van der Waals surface area contributed by atoms with Gasteiger partial charge in [-0.1, -0.05) is 6.42 Å². The van der Waals surface area contributed by atoms with Gasteiger partial charge in [0.25, 0.3) is 0 Å². The smallest absolute Gasteiger partial charge is 0.320 e. The second-order valence-corrected chi connectivity index (χ2v) is 6.16. The summed E-state index contributed by atoms with van der Waals surface area (Å²) in [5.41, 5.74) is 0. The van der Waals surface area contributed by atoms with Crippen LogP contribution in [0.1, 0.15) is 25.7 Å². The van der Waals surface area contributed by atoms with Gasteiger partial charge < -0.3 is 19.6 Å². The van der Waals surface area contributed by atoms with Crippen LogP contribution < -0.4 is 0 Å². The summed E-state index contributed by atoms with van der Waals surface area (Å²) in [6, 6.07) is -0.317. The van der Waals surface area contributed by atoms with Gasteiger partial charge in [0.05, 0.1) is 25.7 Å². The minimum atomic E-state index is -0.878. The van der Waals surface area contributed by atoms with Crippen LogP contribution in [0.2, 0.25) is 0 Å². The predicted octanol–water partition coefficient (Wildman–Crippen LogP) is 1.01. The summed E-state index contributed by atoms with van der Waals surface area (Å²) in [7, 11) is 0. The Balaban J connectivity index is 1.64. The van der Waals surface area contributed by atoms with E-state index in [4.69, 9.17) is 9.84 Å². The lowest BCUT2D eigenvalue weighted by Gasteiger charge is -2.37. The Morgan fingerprint density at radius 1 is 1.20 bits per heavy atom. The number of carbonyl (C=O) groups is 2. The Morgan fingerprint density at radius 3 is 2.55 bits per heavy atom. The fourth-order valence-electron chi connectivity index (χ4n) is 3.85. The van der Waals surface area contributed by atoms with E-state index in [9.17, 15) is 9.59 Å². The fraction of sp³-hybridized carbons (Fsp3) is 0.857. The first-order valence-corrected chi connectivity index (χ1v) is 7.50. The van der Waals surface area contributed by atoms with Crippen LogP contribution in [0.5, 0.6) is 0 Å². The van der Waals surface area contributed by atoms with E-state index in [1.54, 1.807) is 4.90 Å². The number of nitrogens with zero attached hydrogens (tertiary/aromatic N) is 2. The molecule has 0 aromatic carbocycles. The third kappa shape index (κ3) is 2.61. The van der Waals surface area contributed by atoms with Crippen molar-refractivity contribution in [2.75, 3.05) is 32.8 Å². The standard InChI is InChI=1S/C14H22N2O4/c17-13(18)6-12-9-20-5-4-16(12)14(19)15-7-10-2-1-3-11(10)8-15/h10-12H,1-9H2,(H,17,18). The number of ether oxygens (including phenoxy) is 1. The van der Waals surface area contributed by atoms with Crippen LogP contribution in [0.15, 0.2) is 0 Å². The van der Waals surface area contributed by atoms with Gasteiger partial charge in [0.2, 0.25) is 0 Å². The molecule has 3 unspecified atom stereocenters. The summed E-state index contributed by atoms with van der Waals surface area (Å²) in [6.45, 7) is 3.03. The molecule has 6 heteroatoms. The summed E-state index contributed by atoms with van der Waals surface area (Å²) in [5, 5.41) is 8.95.